The zero-order valence-corrected chi connectivity index (χ0v) is 18.3. The van der Waals surface area contributed by atoms with Crippen LogP contribution in [0, 0.1) is 6.92 Å². The molecule has 0 saturated carbocycles. The Balaban J connectivity index is 1.92. The Bertz CT molecular complexity index is 1080. The van der Waals surface area contributed by atoms with Crippen molar-refractivity contribution < 1.29 is 14.3 Å². The van der Waals surface area contributed by atoms with Gasteiger partial charge in [0.15, 0.2) is 0 Å². The summed E-state index contributed by atoms with van der Waals surface area (Å²) >= 11 is 1.58. The number of aryl methyl sites for hydroxylation is 1. The van der Waals surface area contributed by atoms with Crippen molar-refractivity contribution in [2.45, 2.75) is 19.4 Å². The van der Waals surface area contributed by atoms with E-state index in [9.17, 15) is 9.59 Å². The molecular formula is C24H25N3O3S. The number of carbonyl (C=O) groups excluding carboxylic acids is 2. The molecule has 1 heterocycles. The average molecular weight is 436 g/mol. The minimum Gasteiger partial charge on any atom is -0.388 e. The minimum atomic E-state index is -0.825. The van der Waals surface area contributed by atoms with E-state index in [0.717, 1.165) is 28.1 Å². The molecule has 0 spiro atoms. The monoisotopic (exact) mass is 435 g/mol. The number of ether oxygens (including phenoxy) is 1. The van der Waals surface area contributed by atoms with Gasteiger partial charge >= 0.3 is 11.9 Å². The molecule has 1 aromatic heterocycles. The lowest BCUT2D eigenvalue weighted by Gasteiger charge is -2.14. The molecule has 0 saturated heterocycles. The molecule has 0 amide bonds. The van der Waals surface area contributed by atoms with E-state index in [2.05, 4.69) is 9.97 Å². The van der Waals surface area contributed by atoms with Gasteiger partial charge in [-0.3, -0.25) is 0 Å². The Kier molecular flexibility index (Phi) is 7.81. The maximum atomic E-state index is 12.9. The average Bonchev–Trinajstić information content (AvgIpc) is 3.29. The molecule has 0 bridgehead atoms. The Labute approximate surface area is 185 Å². The van der Waals surface area contributed by atoms with Crippen LogP contribution in [-0.4, -0.2) is 40.0 Å². The van der Waals surface area contributed by atoms with E-state index in [1.165, 1.54) is 0 Å². The fraction of sp³-hybridized carbons (Fsp3) is 0.208. The Morgan fingerprint density at radius 1 is 1.19 bits per heavy atom. The van der Waals surface area contributed by atoms with Gasteiger partial charge < -0.3 is 15.5 Å². The summed E-state index contributed by atoms with van der Waals surface area (Å²) in [6.45, 7) is 1.97. The van der Waals surface area contributed by atoms with Crippen LogP contribution in [-0.2, 0) is 9.53 Å². The maximum absolute atomic E-state index is 12.9. The van der Waals surface area contributed by atoms with Gasteiger partial charge in [0.25, 0.3) is 0 Å². The third-order valence-electron chi connectivity index (χ3n) is 4.79. The highest BCUT2D eigenvalue weighted by molar-refractivity contribution is 7.98. The predicted molar refractivity (Wildman–Crippen MR) is 126 cm³/mol. The first-order valence-corrected chi connectivity index (χ1v) is 11.3. The van der Waals surface area contributed by atoms with E-state index in [1.807, 2.05) is 55.7 Å². The third kappa shape index (κ3) is 5.93. The smallest absolute Gasteiger partial charge is 0.346 e. The standard InChI is InChI=1S/C24H25N3O3S/c1-16-5-3-4-6-19(16)21-13-17(7-9-18-14-26-15-27-18)8-10-20(21)23(28)30-24(29)22(25)11-12-31-2/h3-10,13-15,22H,11-12,25H2,1-2H3,(H,26,27)/t22-/m0/s1. The summed E-state index contributed by atoms with van der Waals surface area (Å²) in [5.41, 5.74) is 10.5. The fourth-order valence-electron chi connectivity index (χ4n) is 3.07. The number of hydrogen-bond donors (Lipinski definition) is 2. The van der Waals surface area contributed by atoms with Gasteiger partial charge in [-0.1, -0.05) is 36.4 Å². The molecule has 160 valence electrons. The topological polar surface area (TPSA) is 98.1 Å². The van der Waals surface area contributed by atoms with Crippen LogP contribution in [0.1, 0.15) is 33.6 Å². The quantitative estimate of drug-likeness (QED) is 0.404. The number of hydrogen-bond acceptors (Lipinski definition) is 6. The summed E-state index contributed by atoms with van der Waals surface area (Å²) in [5, 5.41) is 0. The highest BCUT2D eigenvalue weighted by Crippen LogP contribution is 2.29. The highest BCUT2D eigenvalue weighted by atomic mass is 32.2. The number of carbonyl (C=O) groups is 2. The van der Waals surface area contributed by atoms with Gasteiger partial charge in [-0.25, -0.2) is 14.6 Å². The summed E-state index contributed by atoms with van der Waals surface area (Å²) in [6.07, 6.45) is 9.57. The van der Waals surface area contributed by atoms with Crippen molar-refractivity contribution in [1.29, 1.82) is 0 Å². The van der Waals surface area contributed by atoms with Gasteiger partial charge in [0.2, 0.25) is 0 Å². The molecule has 0 fully saturated rings. The molecule has 3 aromatic rings. The fourth-order valence-corrected chi connectivity index (χ4v) is 3.56. The molecule has 0 aliphatic heterocycles. The molecule has 0 unspecified atom stereocenters. The summed E-state index contributed by atoms with van der Waals surface area (Å²) in [6, 6.07) is 12.3. The van der Waals surface area contributed by atoms with E-state index in [1.54, 1.807) is 36.4 Å². The number of aromatic amines is 1. The van der Waals surface area contributed by atoms with Gasteiger partial charge in [-0.2, -0.15) is 11.8 Å². The van der Waals surface area contributed by atoms with Gasteiger partial charge in [-0.15, -0.1) is 0 Å². The first-order valence-electron chi connectivity index (χ1n) is 9.87. The number of esters is 2. The Morgan fingerprint density at radius 3 is 2.71 bits per heavy atom. The van der Waals surface area contributed by atoms with Crippen LogP contribution >= 0.6 is 11.8 Å². The molecule has 0 aliphatic carbocycles. The van der Waals surface area contributed by atoms with Crippen molar-refractivity contribution in [3.8, 4) is 11.1 Å². The first-order chi connectivity index (χ1) is 15.0. The number of nitrogens with zero attached hydrogens (tertiary/aromatic N) is 1. The second kappa shape index (κ2) is 10.7. The Hall–Kier alpha value is -3.16. The number of H-pyrrole nitrogens is 1. The van der Waals surface area contributed by atoms with Crippen LogP contribution in [0.4, 0.5) is 0 Å². The van der Waals surface area contributed by atoms with Crippen LogP contribution < -0.4 is 5.73 Å². The molecular weight excluding hydrogens is 410 g/mol. The normalized spacial score (nSPS) is 12.1. The van der Waals surface area contributed by atoms with Gasteiger partial charge in [-0.05, 0) is 65.8 Å². The van der Waals surface area contributed by atoms with Gasteiger partial charge in [0.1, 0.15) is 6.04 Å². The van der Waals surface area contributed by atoms with Crippen molar-refractivity contribution in [3.63, 3.8) is 0 Å². The second-order valence-electron chi connectivity index (χ2n) is 7.04. The van der Waals surface area contributed by atoms with Crippen molar-refractivity contribution in [2.75, 3.05) is 12.0 Å². The molecule has 1 atom stereocenters. The zero-order valence-electron chi connectivity index (χ0n) is 17.5. The number of thioether (sulfide) groups is 1. The van der Waals surface area contributed by atoms with E-state index in [-0.39, 0.29) is 0 Å². The number of imidazole rings is 1. The molecule has 2 aromatic carbocycles. The van der Waals surface area contributed by atoms with E-state index in [4.69, 9.17) is 10.5 Å². The van der Waals surface area contributed by atoms with Gasteiger partial charge in [0, 0.05) is 6.20 Å². The number of benzene rings is 2. The zero-order chi connectivity index (χ0) is 22.2. The first kappa shape index (κ1) is 22.5. The largest absolute Gasteiger partial charge is 0.388 e. The predicted octanol–water partition coefficient (Wildman–Crippen LogP) is 4.32. The van der Waals surface area contributed by atoms with Crippen molar-refractivity contribution in [3.05, 3.63) is 77.4 Å². The SMILES string of the molecule is CSCC[C@H](N)C(=O)OC(=O)c1ccc(C=Cc2c[nH]cn2)cc1-c1ccccc1C. The molecule has 31 heavy (non-hydrogen) atoms. The van der Waals surface area contributed by atoms with Crippen LogP contribution in [0.5, 0.6) is 0 Å². The lowest BCUT2D eigenvalue weighted by Crippen LogP contribution is -2.34. The van der Waals surface area contributed by atoms with Crippen LogP contribution in [0.25, 0.3) is 23.3 Å². The summed E-state index contributed by atoms with van der Waals surface area (Å²) in [5.74, 6) is -0.696. The molecule has 7 heteroatoms. The van der Waals surface area contributed by atoms with Crippen molar-refractivity contribution in [1.82, 2.24) is 9.97 Å². The number of aromatic nitrogens is 2. The molecule has 0 aliphatic rings. The number of nitrogens with one attached hydrogen (secondary N) is 1. The Morgan fingerprint density at radius 2 is 2.00 bits per heavy atom. The summed E-state index contributed by atoms with van der Waals surface area (Å²) < 4.78 is 5.11. The maximum Gasteiger partial charge on any atom is 0.346 e. The van der Waals surface area contributed by atoms with E-state index in [0.29, 0.717) is 17.5 Å². The lowest BCUT2D eigenvalue weighted by molar-refractivity contribution is -0.139. The van der Waals surface area contributed by atoms with Crippen molar-refractivity contribution >= 4 is 35.9 Å². The van der Waals surface area contributed by atoms with Crippen LogP contribution in [0.3, 0.4) is 0 Å². The molecule has 3 N–H and O–H groups in total. The van der Waals surface area contributed by atoms with Crippen LogP contribution in [0.2, 0.25) is 0 Å². The number of nitrogens with two attached hydrogens (primary N) is 1. The highest BCUT2D eigenvalue weighted by Gasteiger charge is 2.22. The van der Waals surface area contributed by atoms with Gasteiger partial charge in [0.05, 0.1) is 17.6 Å². The minimum absolute atomic E-state index is 0.316. The lowest BCUT2D eigenvalue weighted by atomic mass is 9.94. The summed E-state index contributed by atoms with van der Waals surface area (Å²) in [4.78, 5) is 32.2. The van der Waals surface area contributed by atoms with E-state index < -0.39 is 18.0 Å². The third-order valence-corrected chi connectivity index (χ3v) is 5.44. The number of rotatable bonds is 8. The second-order valence-corrected chi connectivity index (χ2v) is 8.03. The summed E-state index contributed by atoms with van der Waals surface area (Å²) in [7, 11) is 0. The van der Waals surface area contributed by atoms with E-state index >= 15 is 0 Å². The van der Waals surface area contributed by atoms with Crippen molar-refractivity contribution in [2.24, 2.45) is 5.73 Å². The molecule has 0 radical (unpaired) electrons. The molecule has 6 nitrogen and oxygen atoms in total. The van der Waals surface area contributed by atoms with Crippen LogP contribution in [0.15, 0.2) is 55.0 Å². The molecule has 3 rings (SSSR count).